The number of hydrogen-bond acceptors (Lipinski definition) is 2. The predicted molar refractivity (Wildman–Crippen MR) is 35.0 cm³/mol. The smallest absolute Gasteiger partial charge is 0.0975 e. The molecule has 0 radical (unpaired) electrons. The topological polar surface area (TPSA) is 29.4 Å². The van der Waals surface area contributed by atoms with E-state index in [9.17, 15) is 4.91 Å². The maximum Gasteiger partial charge on any atom is 0.0975 e. The number of rotatable bonds is 3. The first-order valence-corrected chi connectivity index (χ1v) is 3.74. The van der Waals surface area contributed by atoms with Gasteiger partial charge in [0.25, 0.3) is 0 Å². The molecule has 0 spiro atoms. The minimum Gasteiger partial charge on any atom is -0.150 e. The number of nitrogens with zero attached hydrogens (tertiary/aromatic N) is 1. The normalized spacial score (nSPS) is 26.8. The lowest BCUT2D eigenvalue weighted by atomic mass is 10.1. The first-order valence-electron chi connectivity index (χ1n) is 3.74. The molecule has 50 valence electrons. The third kappa shape index (κ3) is 0.979. The van der Waals surface area contributed by atoms with Crippen LogP contribution < -0.4 is 0 Å². The van der Waals surface area contributed by atoms with Crippen LogP contribution in [0.25, 0.3) is 0 Å². The summed E-state index contributed by atoms with van der Waals surface area (Å²) in [6.07, 6.45) is 5.03. The molecule has 2 aliphatic rings. The maximum atomic E-state index is 10.2. The van der Waals surface area contributed by atoms with Gasteiger partial charge in [0, 0.05) is 0 Å². The lowest BCUT2D eigenvalue weighted by Gasteiger charge is -2.01. The molecule has 9 heavy (non-hydrogen) atoms. The van der Waals surface area contributed by atoms with E-state index in [1.807, 2.05) is 0 Å². The molecule has 2 aliphatic carbocycles. The molecule has 0 aliphatic heterocycles. The number of nitroso groups, excluding NO2 is 1. The summed E-state index contributed by atoms with van der Waals surface area (Å²) >= 11 is 0. The summed E-state index contributed by atoms with van der Waals surface area (Å²) in [4.78, 5) is 10.2. The minimum absolute atomic E-state index is 0.213. The average molecular weight is 125 g/mol. The van der Waals surface area contributed by atoms with Crippen molar-refractivity contribution in [2.75, 3.05) is 0 Å². The van der Waals surface area contributed by atoms with E-state index in [1.165, 1.54) is 25.7 Å². The van der Waals surface area contributed by atoms with Crippen LogP contribution in [-0.4, -0.2) is 6.04 Å². The molecule has 0 atom stereocenters. The van der Waals surface area contributed by atoms with Crippen molar-refractivity contribution in [1.82, 2.24) is 0 Å². The molecular formula is C7H11NO. The Morgan fingerprint density at radius 3 is 1.78 bits per heavy atom. The van der Waals surface area contributed by atoms with Gasteiger partial charge in [-0.25, -0.2) is 0 Å². The van der Waals surface area contributed by atoms with E-state index in [2.05, 4.69) is 5.18 Å². The zero-order chi connectivity index (χ0) is 6.27. The summed E-state index contributed by atoms with van der Waals surface area (Å²) in [5.74, 6) is 1.38. The summed E-state index contributed by atoms with van der Waals surface area (Å²) in [5.41, 5.74) is 0. The molecular weight excluding hydrogens is 114 g/mol. The Bertz CT molecular complexity index is 115. The van der Waals surface area contributed by atoms with Crippen molar-refractivity contribution in [3.8, 4) is 0 Å². The maximum absolute atomic E-state index is 10.2. The quantitative estimate of drug-likeness (QED) is 0.530. The van der Waals surface area contributed by atoms with Crippen molar-refractivity contribution in [3.63, 3.8) is 0 Å². The van der Waals surface area contributed by atoms with Gasteiger partial charge in [0.2, 0.25) is 0 Å². The van der Waals surface area contributed by atoms with Crippen molar-refractivity contribution in [2.45, 2.75) is 31.7 Å². The molecule has 0 bridgehead atoms. The van der Waals surface area contributed by atoms with Gasteiger partial charge in [0.15, 0.2) is 0 Å². The fourth-order valence-corrected chi connectivity index (χ4v) is 1.43. The van der Waals surface area contributed by atoms with Crippen LogP contribution in [0.4, 0.5) is 0 Å². The molecule has 0 heterocycles. The summed E-state index contributed by atoms with van der Waals surface area (Å²) in [5, 5.41) is 3.16. The summed E-state index contributed by atoms with van der Waals surface area (Å²) in [6, 6.07) is 0.213. The zero-order valence-corrected chi connectivity index (χ0v) is 5.42. The Morgan fingerprint density at radius 2 is 1.56 bits per heavy atom. The van der Waals surface area contributed by atoms with Gasteiger partial charge < -0.3 is 0 Å². The molecule has 0 aromatic heterocycles. The van der Waals surface area contributed by atoms with Gasteiger partial charge in [-0.15, -0.1) is 0 Å². The Morgan fingerprint density at radius 1 is 1.11 bits per heavy atom. The van der Waals surface area contributed by atoms with Gasteiger partial charge in [-0.05, 0) is 37.5 Å². The standard InChI is InChI=1S/C7H11NO/c9-8-7(5-1-2-5)6-3-4-6/h5-7H,1-4H2. The minimum atomic E-state index is 0.213. The monoisotopic (exact) mass is 125 g/mol. The molecule has 2 nitrogen and oxygen atoms in total. The second kappa shape index (κ2) is 1.79. The molecule has 2 saturated carbocycles. The first-order chi connectivity index (χ1) is 4.42. The lowest BCUT2D eigenvalue weighted by Crippen LogP contribution is -2.07. The second-order valence-corrected chi connectivity index (χ2v) is 3.27. The van der Waals surface area contributed by atoms with Crippen molar-refractivity contribution >= 4 is 0 Å². The van der Waals surface area contributed by atoms with Gasteiger partial charge in [0.05, 0.1) is 6.04 Å². The molecule has 0 aromatic rings. The van der Waals surface area contributed by atoms with Crippen molar-refractivity contribution in [2.24, 2.45) is 17.0 Å². The molecule has 2 fully saturated rings. The lowest BCUT2D eigenvalue weighted by molar-refractivity contribution is 0.529. The Balaban J connectivity index is 1.92. The Labute approximate surface area is 54.6 Å². The van der Waals surface area contributed by atoms with Gasteiger partial charge >= 0.3 is 0 Å². The predicted octanol–water partition coefficient (Wildman–Crippen LogP) is 1.94. The van der Waals surface area contributed by atoms with Gasteiger partial charge in [-0.1, -0.05) is 5.18 Å². The van der Waals surface area contributed by atoms with Crippen molar-refractivity contribution in [1.29, 1.82) is 0 Å². The fraction of sp³-hybridized carbons (Fsp3) is 1.00. The van der Waals surface area contributed by atoms with Crippen LogP contribution in [0.3, 0.4) is 0 Å². The summed E-state index contributed by atoms with van der Waals surface area (Å²) in [7, 11) is 0. The summed E-state index contributed by atoms with van der Waals surface area (Å²) < 4.78 is 0. The molecule has 2 rings (SSSR count). The van der Waals surface area contributed by atoms with Crippen LogP contribution in [0, 0.1) is 16.7 Å². The molecule has 2 heteroatoms. The second-order valence-electron chi connectivity index (χ2n) is 3.27. The molecule has 0 N–H and O–H groups in total. The van der Waals surface area contributed by atoms with Crippen LogP contribution in [0.2, 0.25) is 0 Å². The van der Waals surface area contributed by atoms with E-state index in [0.717, 1.165) is 0 Å². The van der Waals surface area contributed by atoms with Crippen LogP contribution in [0.5, 0.6) is 0 Å². The van der Waals surface area contributed by atoms with Gasteiger partial charge in [-0.3, -0.25) is 0 Å². The van der Waals surface area contributed by atoms with Crippen LogP contribution >= 0.6 is 0 Å². The number of hydrogen-bond donors (Lipinski definition) is 0. The SMILES string of the molecule is O=NC(C1CC1)C1CC1. The third-order valence-electron chi connectivity index (χ3n) is 2.33. The van der Waals surface area contributed by atoms with Crippen molar-refractivity contribution in [3.05, 3.63) is 4.91 Å². The van der Waals surface area contributed by atoms with Crippen LogP contribution in [0.1, 0.15) is 25.7 Å². The van der Waals surface area contributed by atoms with E-state index in [0.29, 0.717) is 11.8 Å². The summed E-state index contributed by atoms with van der Waals surface area (Å²) in [6.45, 7) is 0. The zero-order valence-electron chi connectivity index (χ0n) is 5.42. The Kier molecular flexibility index (Phi) is 1.07. The average Bonchev–Trinajstić information content (AvgIpc) is 2.61. The largest absolute Gasteiger partial charge is 0.150 e. The highest BCUT2D eigenvalue weighted by Crippen LogP contribution is 2.46. The van der Waals surface area contributed by atoms with E-state index >= 15 is 0 Å². The van der Waals surface area contributed by atoms with Gasteiger partial charge in [-0.2, -0.15) is 4.91 Å². The molecule has 0 amide bonds. The molecule has 0 aromatic carbocycles. The van der Waals surface area contributed by atoms with E-state index in [4.69, 9.17) is 0 Å². The molecule has 0 unspecified atom stereocenters. The molecule has 0 saturated heterocycles. The van der Waals surface area contributed by atoms with Crippen LogP contribution in [-0.2, 0) is 0 Å². The highest BCUT2D eigenvalue weighted by molar-refractivity contribution is 4.95. The third-order valence-corrected chi connectivity index (χ3v) is 2.33. The van der Waals surface area contributed by atoms with Crippen LogP contribution in [0.15, 0.2) is 5.18 Å². The van der Waals surface area contributed by atoms with E-state index in [-0.39, 0.29) is 6.04 Å². The van der Waals surface area contributed by atoms with E-state index < -0.39 is 0 Å². The fourth-order valence-electron chi connectivity index (χ4n) is 1.43. The highest BCUT2D eigenvalue weighted by Gasteiger charge is 2.42. The van der Waals surface area contributed by atoms with E-state index in [1.54, 1.807) is 0 Å². The van der Waals surface area contributed by atoms with Gasteiger partial charge in [0.1, 0.15) is 0 Å². The van der Waals surface area contributed by atoms with Crippen molar-refractivity contribution < 1.29 is 0 Å². The highest BCUT2D eigenvalue weighted by atomic mass is 16.3. The first kappa shape index (κ1) is 5.39. The Hall–Kier alpha value is -0.400.